The molecule has 0 atom stereocenters. The smallest absolute Gasteiger partial charge is 0.404 e. The van der Waals surface area contributed by atoms with E-state index in [4.69, 9.17) is 5.73 Å². The number of aldehydes is 1. The Hall–Kier alpha value is -1.93. The number of carbonyl (C=O) groups is 1. The van der Waals surface area contributed by atoms with E-state index in [9.17, 15) is 26.7 Å². The first-order valence-electron chi connectivity index (χ1n) is 4.04. The van der Waals surface area contributed by atoms with Gasteiger partial charge in [-0.1, -0.05) is 0 Å². The molecule has 0 unspecified atom stereocenters. The van der Waals surface area contributed by atoms with Crippen molar-refractivity contribution in [1.29, 1.82) is 0 Å². The van der Waals surface area contributed by atoms with Crippen LogP contribution in [0.5, 0.6) is 5.75 Å². The number of anilines is 1. The Balaban J connectivity index is 3.29. The molecule has 0 fully saturated rings. The highest BCUT2D eigenvalue weighted by Gasteiger charge is 2.34. The minimum absolute atomic E-state index is 0.0841. The third kappa shape index (κ3) is 3.26. The summed E-state index contributed by atoms with van der Waals surface area (Å²) in [5.41, 5.74) is 3.35. The van der Waals surface area contributed by atoms with Crippen molar-refractivity contribution >= 4 is 12.1 Å². The molecule has 1 rings (SSSR count). The largest absolute Gasteiger partial charge is 0.573 e. The van der Waals surface area contributed by atoms with E-state index in [-0.39, 0.29) is 6.29 Å². The number of rotatable bonds is 3. The number of hydrogen-bond donors (Lipinski definition) is 1. The maximum Gasteiger partial charge on any atom is 0.573 e. The molecule has 0 aliphatic rings. The molecule has 0 bridgehead atoms. The second-order valence-electron chi connectivity index (χ2n) is 2.81. The van der Waals surface area contributed by atoms with Crippen molar-refractivity contribution in [2.24, 2.45) is 0 Å². The average Bonchev–Trinajstić information content (AvgIpc) is 2.17. The van der Waals surface area contributed by atoms with Crippen molar-refractivity contribution in [3.05, 3.63) is 17.3 Å². The Labute approximate surface area is 91.2 Å². The highest BCUT2D eigenvalue weighted by atomic mass is 19.4. The van der Waals surface area contributed by atoms with E-state index >= 15 is 0 Å². The maximum atomic E-state index is 12.4. The first-order chi connectivity index (χ1) is 7.74. The standard InChI is InChI=1S/C8H5F5N2O2/c9-6(10)5-4(17-8(11,12)13)1-3(2-16)7(14)15-5/h1-2,6H,(H2,14,15). The molecule has 1 aromatic heterocycles. The maximum absolute atomic E-state index is 12.4. The molecule has 0 aliphatic heterocycles. The van der Waals surface area contributed by atoms with Gasteiger partial charge >= 0.3 is 6.36 Å². The summed E-state index contributed by atoms with van der Waals surface area (Å²) in [5.74, 6) is -1.84. The van der Waals surface area contributed by atoms with E-state index in [1.165, 1.54) is 0 Å². The quantitative estimate of drug-likeness (QED) is 0.665. The Morgan fingerprint density at radius 2 is 2.00 bits per heavy atom. The van der Waals surface area contributed by atoms with Gasteiger partial charge in [-0.25, -0.2) is 13.8 Å². The number of carbonyl (C=O) groups excluding carboxylic acids is 1. The van der Waals surface area contributed by atoms with Gasteiger partial charge < -0.3 is 10.5 Å². The third-order valence-corrected chi connectivity index (χ3v) is 1.64. The summed E-state index contributed by atoms with van der Waals surface area (Å²) < 4.78 is 63.8. The van der Waals surface area contributed by atoms with Crippen molar-refractivity contribution in [1.82, 2.24) is 4.98 Å². The number of ether oxygens (including phenoxy) is 1. The number of halogens is 5. The second kappa shape index (κ2) is 4.52. The summed E-state index contributed by atoms with van der Waals surface area (Å²) in [7, 11) is 0. The fraction of sp³-hybridized carbons (Fsp3) is 0.250. The number of alkyl halides is 5. The average molecular weight is 256 g/mol. The highest BCUT2D eigenvalue weighted by Crippen LogP contribution is 2.33. The van der Waals surface area contributed by atoms with Gasteiger partial charge in [0.05, 0.1) is 5.56 Å². The normalized spacial score (nSPS) is 11.6. The zero-order valence-corrected chi connectivity index (χ0v) is 7.96. The van der Waals surface area contributed by atoms with E-state index in [0.717, 1.165) is 0 Å². The molecule has 2 N–H and O–H groups in total. The van der Waals surface area contributed by atoms with E-state index in [0.29, 0.717) is 6.07 Å². The van der Waals surface area contributed by atoms with Crippen LogP contribution in [0.3, 0.4) is 0 Å². The third-order valence-electron chi connectivity index (χ3n) is 1.64. The van der Waals surface area contributed by atoms with Gasteiger partial charge in [0, 0.05) is 0 Å². The minimum Gasteiger partial charge on any atom is -0.404 e. The molecule has 0 aliphatic carbocycles. The van der Waals surface area contributed by atoms with Crippen molar-refractivity contribution < 1.29 is 31.5 Å². The lowest BCUT2D eigenvalue weighted by Crippen LogP contribution is -2.19. The topological polar surface area (TPSA) is 65.2 Å². The lowest BCUT2D eigenvalue weighted by molar-refractivity contribution is -0.275. The number of hydrogen-bond acceptors (Lipinski definition) is 4. The molecular formula is C8H5F5N2O2. The van der Waals surface area contributed by atoms with Crippen molar-refractivity contribution in [3.8, 4) is 5.75 Å². The fourth-order valence-corrected chi connectivity index (χ4v) is 0.996. The zero-order chi connectivity index (χ0) is 13.2. The number of aromatic nitrogens is 1. The van der Waals surface area contributed by atoms with Gasteiger partial charge in [0.1, 0.15) is 5.82 Å². The van der Waals surface area contributed by atoms with E-state index in [2.05, 4.69) is 9.72 Å². The van der Waals surface area contributed by atoms with Gasteiger partial charge in [-0.2, -0.15) is 0 Å². The molecule has 0 amide bonds. The molecule has 0 spiro atoms. The SMILES string of the molecule is Nc1nc(C(F)F)c(OC(F)(F)F)cc1C=O. The van der Waals surface area contributed by atoms with E-state index < -0.39 is 35.6 Å². The highest BCUT2D eigenvalue weighted by molar-refractivity contribution is 5.82. The predicted molar refractivity (Wildman–Crippen MR) is 45.7 cm³/mol. The summed E-state index contributed by atoms with van der Waals surface area (Å²) in [4.78, 5) is 13.4. The van der Waals surface area contributed by atoms with Crippen LogP contribution in [0.4, 0.5) is 27.8 Å². The first kappa shape index (κ1) is 13.1. The van der Waals surface area contributed by atoms with Crippen molar-refractivity contribution in [2.45, 2.75) is 12.8 Å². The van der Waals surface area contributed by atoms with Crippen molar-refractivity contribution in [2.75, 3.05) is 5.73 Å². The number of pyridine rings is 1. The lowest BCUT2D eigenvalue weighted by Gasteiger charge is -2.13. The van der Waals surface area contributed by atoms with Crippen LogP contribution < -0.4 is 10.5 Å². The monoisotopic (exact) mass is 256 g/mol. The van der Waals surface area contributed by atoms with Crippen LogP contribution in [-0.4, -0.2) is 17.6 Å². The van der Waals surface area contributed by atoms with Gasteiger partial charge in [-0.3, -0.25) is 4.79 Å². The van der Waals surface area contributed by atoms with Gasteiger partial charge in [-0.15, -0.1) is 13.2 Å². The fourth-order valence-electron chi connectivity index (χ4n) is 0.996. The summed E-state index contributed by atoms with van der Waals surface area (Å²) in [6.07, 6.45) is -8.39. The van der Waals surface area contributed by atoms with Crippen LogP contribution in [0.1, 0.15) is 22.5 Å². The van der Waals surface area contributed by atoms with Crippen LogP contribution in [0.2, 0.25) is 0 Å². The van der Waals surface area contributed by atoms with Crippen LogP contribution in [0.15, 0.2) is 6.07 Å². The Morgan fingerprint density at radius 1 is 1.41 bits per heavy atom. The summed E-state index contributed by atoms with van der Waals surface area (Å²) in [5, 5.41) is 0. The van der Waals surface area contributed by atoms with Gasteiger partial charge in [0.25, 0.3) is 6.43 Å². The van der Waals surface area contributed by atoms with Crippen LogP contribution in [-0.2, 0) is 0 Å². The lowest BCUT2D eigenvalue weighted by atomic mass is 10.2. The summed E-state index contributed by atoms with van der Waals surface area (Å²) in [6, 6.07) is 0.463. The first-order valence-corrected chi connectivity index (χ1v) is 4.04. The second-order valence-corrected chi connectivity index (χ2v) is 2.81. The molecule has 4 nitrogen and oxygen atoms in total. The van der Waals surface area contributed by atoms with E-state index in [1.54, 1.807) is 0 Å². The van der Waals surface area contributed by atoms with E-state index in [1.807, 2.05) is 0 Å². The molecule has 1 heterocycles. The number of nitrogens with zero attached hydrogens (tertiary/aromatic N) is 1. The van der Waals surface area contributed by atoms with Gasteiger partial charge in [0.2, 0.25) is 0 Å². The number of nitrogens with two attached hydrogens (primary N) is 1. The summed E-state index contributed by atoms with van der Waals surface area (Å²) in [6.45, 7) is 0. The molecule has 0 saturated carbocycles. The van der Waals surface area contributed by atoms with Gasteiger partial charge in [0.15, 0.2) is 17.7 Å². The Kier molecular flexibility index (Phi) is 3.49. The Morgan fingerprint density at radius 3 is 2.41 bits per heavy atom. The van der Waals surface area contributed by atoms with Crippen LogP contribution in [0, 0.1) is 0 Å². The molecule has 94 valence electrons. The minimum atomic E-state index is -5.17. The van der Waals surface area contributed by atoms with Crippen LogP contribution in [0.25, 0.3) is 0 Å². The zero-order valence-electron chi connectivity index (χ0n) is 7.96. The predicted octanol–water partition coefficient (Wildman–Crippen LogP) is 2.31. The number of nitrogen functional groups attached to an aromatic ring is 1. The summed E-state index contributed by atoms with van der Waals surface area (Å²) >= 11 is 0. The molecule has 17 heavy (non-hydrogen) atoms. The van der Waals surface area contributed by atoms with Crippen LogP contribution >= 0.6 is 0 Å². The molecule has 0 aromatic carbocycles. The molecule has 1 aromatic rings. The molecule has 0 radical (unpaired) electrons. The van der Waals surface area contributed by atoms with Crippen molar-refractivity contribution in [3.63, 3.8) is 0 Å². The molecule has 0 saturated heterocycles. The molecule has 9 heteroatoms. The molecular weight excluding hydrogens is 251 g/mol. The van der Waals surface area contributed by atoms with Gasteiger partial charge in [-0.05, 0) is 6.07 Å². The Bertz CT molecular complexity index is 433.